The third kappa shape index (κ3) is 5.64. The normalized spacial score (nSPS) is 17.5. The number of aromatic hydroxyl groups is 1. The summed E-state index contributed by atoms with van der Waals surface area (Å²) in [6.07, 6.45) is 2.60. The fourth-order valence-electron chi connectivity index (χ4n) is 4.08. The zero-order valence-corrected chi connectivity index (χ0v) is 19.5. The number of allylic oxidation sites excluding steroid dienone is 1. The molecule has 0 saturated heterocycles. The van der Waals surface area contributed by atoms with E-state index in [1.54, 1.807) is 46.8 Å². The quantitative estimate of drug-likeness (QED) is 0.321. The van der Waals surface area contributed by atoms with E-state index in [1.165, 1.54) is 6.07 Å². The molecule has 9 heteroatoms. The summed E-state index contributed by atoms with van der Waals surface area (Å²) in [4.78, 5) is 25.9. The Bertz CT molecular complexity index is 1250. The maximum absolute atomic E-state index is 13.0. The van der Waals surface area contributed by atoms with Crippen LogP contribution >= 0.6 is 0 Å². The van der Waals surface area contributed by atoms with E-state index in [0.717, 1.165) is 5.69 Å². The highest BCUT2D eigenvalue weighted by Crippen LogP contribution is 2.32. The van der Waals surface area contributed by atoms with E-state index >= 15 is 0 Å². The van der Waals surface area contributed by atoms with Crippen molar-refractivity contribution in [3.8, 4) is 11.4 Å². The molecule has 1 aliphatic heterocycles. The van der Waals surface area contributed by atoms with Crippen molar-refractivity contribution in [3.05, 3.63) is 88.5 Å². The topological polar surface area (TPSA) is 115 Å². The van der Waals surface area contributed by atoms with Crippen LogP contribution in [0.25, 0.3) is 5.69 Å². The van der Waals surface area contributed by atoms with Crippen molar-refractivity contribution >= 4 is 11.6 Å². The van der Waals surface area contributed by atoms with E-state index in [4.69, 9.17) is 14.6 Å². The standard InChI is InChI=1S/C26H29N3O6/c1-28-21(17-24(32)29(28)19-9-3-2-4-10-19)18-15-23(35-25(16-18)34-14-8-7-13-30)26(33)27-20-11-5-6-12-22(20)31/h2-6,9-12,15,17-18,25,30-31H,7-8,13-14,16H2,1H3,(H,27,33)/t18-,25+/m1/s1. The highest BCUT2D eigenvalue weighted by Gasteiger charge is 2.31. The molecule has 9 nitrogen and oxygen atoms in total. The molecule has 35 heavy (non-hydrogen) atoms. The van der Waals surface area contributed by atoms with Gasteiger partial charge in [-0.2, -0.15) is 0 Å². The van der Waals surface area contributed by atoms with Crippen LogP contribution < -0.4 is 10.9 Å². The number of phenols is 1. The summed E-state index contributed by atoms with van der Waals surface area (Å²) < 4.78 is 15.0. The van der Waals surface area contributed by atoms with Crippen LogP contribution in [0.5, 0.6) is 5.75 Å². The molecular formula is C26H29N3O6. The number of carbonyl (C=O) groups excluding carboxylic acids is 1. The van der Waals surface area contributed by atoms with Crippen LogP contribution in [0.2, 0.25) is 0 Å². The van der Waals surface area contributed by atoms with Gasteiger partial charge in [0.15, 0.2) is 5.76 Å². The van der Waals surface area contributed by atoms with Gasteiger partial charge in [-0.15, -0.1) is 0 Å². The van der Waals surface area contributed by atoms with Crippen molar-refractivity contribution in [1.29, 1.82) is 0 Å². The number of para-hydroxylation sites is 3. The lowest BCUT2D eigenvalue weighted by Crippen LogP contribution is -2.30. The molecule has 2 aromatic carbocycles. The van der Waals surface area contributed by atoms with Crippen molar-refractivity contribution in [3.63, 3.8) is 0 Å². The van der Waals surface area contributed by atoms with E-state index in [9.17, 15) is 14.7 Å². The second-order valence-electron chi connectivity index (χ2n) is 8.27. The van der Waals surface area contributed by atoms with Crippen molar-refractivity contribution in [2.45, 2.75) is 31.5 Å². The number of benzene rings is 2. The average Bonchev–Trinajstić information content (AvgIpc) is 3.17. The molecular weight excluding hydrogens is 450 g/mol. The van der Waals surface area contributed by atoms with Crippen molar-refractivity contribution in [1.82, 2.24) is 9.36 Å². The average molecular weight is 480 g/mol. The molecule has 0 saturated carbocycles. The van der Waals surface area contributed by atoms with Gasteiger partial charge in [0, 0.05) is 37.8 Å². The van der Waals surface area contributed by atoms with Crippen LogP contribution in [0.1, 0.15) is 30.9 Å². The number of amides is 1. The maximum atomic E-state index is 13.0. The van der Waals surface area contributed by atoms with Crippen LogP contribution in [0.4, 0.5) is 5.69 Å². The third-order valence-electron chi connectivity index (χ3n) is 5.82. The minimum Gasteiger partial charge on any atom is -0.506 e. The van der Waals surface area contributed by atoms with E-state index < -0.39 is 12.2 Å². The highest BCUT2D eigenvalue weighted by atomic mass is 16.7. The SMILES string of the molecule is Cn1c([C@@H]2C=C(C(=O)Nc3ccccc3O)O[C@H](OCCCCO)C2)cc(=O)n1-c1ccccc1. The Morgan fingerprint density at radius 2 is 1.89 bits per heavy atom. The number of nitrogens with zero attached hydrogens (tertiary/aromatic N) is 2. The number of rotatable bonds is 9. The van der Waals surface area contributed by atoms with Crippen LogP contribution in [0, 0.1) is 0 Å². The van der Waals surface area contributed by atoms with Gasteiger partial charge in [0.1, 0.15) is 5.75 Å². The number of hydrogen-bond donors (Lipinski definition) is 3. The number of carbonyl (C=O) groups is 1. The molecule has 3 N–H and O–H groups in total. The van der Waals surface area contributed by atoms with E-state index in [1.807, 2.05) is 30.3 Å². The Morgan fingerprint density at radius 1 is 1.14 bits per heavy atom. The first-order valence-electron chi connectivity index (χ1n) is 11.5. The van der Waals surface area contributed by atoms with Gasteiger partial charge in [-0.3, -0.25) is 14.3 Å². The number of phenolic OH excluding ortho intramolecular Hbond substituents is 1. The summed E-state index contributed by atoms with van der Waals surface area (Å²) in [6.45, 7) is 0.428. The zero-order chi connectivity index (χ0) is 24.8. The summed E-state index contributed by atoms with van der Waals surface area (Å²) in [6, 6.07) is 17.3. The van der Waals surface area contributed by atoms with Crippen LogP contribution in [0.15, 0.2) is 77.3 Å². The van der Waals surface area contributed by atoms with Crippen molar-refractivity contribution in [2.75, 3.05) is 18.5 Å². The summed E-state index contributed by atoms with van der Waals surface area (Å²) in [5, 5.41) is 21.7. The molecule has 2 heterocycles. The minimum atomic E-state index is -0.719. The zero-order valence-electron chi connectivity index (χ0n) is 19.5. The van der Waals surface area contributed by atoms with Gasteiger partial charge in [-0.05, 0) is 43.2 Å². The summed E-state index contributed by atoms with van der Waals surface area (Å²) in [7, 11) is 1.80. The first-order valence-corrected chi connectivity index (χ1v) is 11.5. The first-order chi connectivity index (χ1) is 17.0. The number of unbranched alkanes of at least 4 members (excludes halogenated alkanes) is 1. The lowest BCUT2D eigenvalue weighted by Gasteiger charge is -2.29. The van der Waals surface area contributed by atoms with Gasteiger partial charge in [-0.1, -0.05) is 30.3 Å². The molecule has 0 spiro atoms. The van der Waals surface area contributed by atoms with Gasteiger partial charge in [-0.25, -0.2) is 4.68 Å². The van der Waals surface area contributed by atoms with Crippen molar-refractivity contribution in [2.24, 2.45) is 7.05 Å². The second kappa shape index (κ2) is 11.1. The van der Waals surface area contributed by atoms with E-state index in [-0.39, 0.29) is 35.3 Å². The molecule has 1 aliphatic rings. The predicted octanol–water partition coefficient (Wildman–Crippen LogP) is 3.02. The molecule has 0 fully saturated rings. The molecule has 0 bridgehead atoms. The monoisotopic (exact) mass is 479 g/mol. The lowest BCUT2D eigenvalue weighted by atomic mass is 9.97. The minimum absolute atomic E-state index is 0.0385. The number of aromatic nitrogens is 2. The second-order valence-corrected chi connectivity index (χ2v) is 8.27. The Balaban J connectivity index is 1.63. The number of aliphatic hydroxyl groups is 1. The molecule has 0 radical (unpaired) electrons. The fourth-order valence-corrected chi connectivity index (χ4v) is 4.08. The fraction of sp³-hybridized carbons (Fsp3) is 0.308. The molecule has 0 aliphatic carbocycles. The third-order valence-corrected chi connectivity index (χ3v) is 5.82. The highest BCUT2D eigenvalue weighted by molar-refractivity contribution is 6.03. The van der Waals surface area contributed by atoms with Gasteiger partial charge in [0.05, 0.1) is 18.0 Å². The number of hydrogen-bond acceptors (Lipinski definition) is 6. The number of anilines is 1. The van der Waals surface area contributed by atoms with E-state index in [0.29, 0.717) is 31.6 Å². The molecule has 2 atom stereocenters. The Morgan fingerprint density at radius 3 is 2.63 bits per heavy atom. The Kier molecular flexibility index (Phi) is 7.69. The Labute approximate surface area is 202 Å². The molecule has 184 valence electrons. The lowest BCUT2D eigenvalue weighted by molar-refractivity contribution is -0.143. The van der Waals surface area contributed by atoms with Gasteiger partial charge >= 0.3 is 0 Å². The molecule has 1 aromatic heterocycles. The molecule has 4 rings (SSSR count). The first kappa shape index (κ1) is 24.3. The number of ether oxygens (including phenoxy) is 2. The smallest absolute Gasteiger partial charge is 0.290 e. The van der Waals surface area contributed by atoms with Crippen LogP contribution in [-0.2, 0) is 21.3 Å². The summed E-state index contributed by atoms with van der Waals surface area (Å²) in [5.74, 6) is -0.892. The largest absolute Gasteiger partial charge is 0.506 e. The van der Waals surface area contributed by atoms with Crippen LogP contribution in [0.3, 0.4) is 0 Å². The molecule has 0 unspecified atom stereocenters. The number of nitrogens with one attached hydrogen (secondary N) is 1. The number of aliphatic hydroxyl groups excluding tert-OH is 1. The summed E-state index contributed by atoms with van der Waals surface area (Å²) >= 11 is 0. The van der Waals surface area contributed by atoms with Gasteiger partial charge < -0.3 is 25.0 Å². The van der Waals surface area contributed by atoms with Crippen molar-refractivity contribution < 1.29 is 24.5 Å². The van der Waals surface area contributed by atoms with Crippen LogP contribution in [-0.4, -0.2) is 45.0 Å². The predicted molar refractivity (Wildman–Crippen MR) is 130 cm³/mol. The summed E-state index contributed by atoms with van der Waals surface area (Å²) in [5.41, 5.74) is 1.51. The van der Waals surface area contributed by atoms with E-state index in [2.05, 4.69) is 5.32 Å². The van der Waals surface area contributed by atoms with Gasteiger partial charge in [0.2, 0.25) is 6.29 Å². The molecule has 1 amide bonds. The van der Waals surface area contributed by atoms with Gasteiger partial charge in [0.25, 0.3) is 11.5 Å². The Hall–Kier alpha value is -3.82. The molecule has 3 aromatic rings. The maximum Gasteiger partial charge on any atom is 0.290 e.